The quantitative estimate of drug-likeness (QED) is 0.268. The molecular weight excluding hydrogens is 578 g/mol. The molecule has 5 heterocycles. The van der Waals surface area contributed by atoms with E-state index in [4.69, 9.17) is 4.74 Å². The van der Waals surface area contributed by atoms with Gasteiger partial charge in [0.1, 0.15) is 17.3 Å². The summed E-state index contributed by atoms with van der Waals surface area (Å²) in [6, 6.07) is 19.7. The molecule has 0 unspecified atom stereocenters. The fourth-order valence-electron chi connectivity index (χ4n) is 5.89. The summed E-state index contributed by atoms with van der Waals surface area (Å²) in [7, 11) is 0. The van der Waals surface area contributed by atoms with E-state index in [1.165, 1.54) is 0 Å². The topological polar surface area (TPSA) is 72.3 Å². The lowest BCUT2D eigenvalue weighted by Gasteiger charge is -2.36. The number of likely N-dealkylation sites (tertiary alicyclic amines) is 1. The van der Waals surface area contributed by atoms with Crippen LogP contribution in [0.3, 0.4) is 0 Å². The maximum atomic E-state index is 14.0. The molecule has 3 aliphatic heterocycles. The first-order chi connectivity index (χ1) is 20.2. The zero-order chi connectivity index (χ0) is 27.8. The van der Waals surface area contributed by atoms with Gasteiger partial charge in [-0.25, -0.2) is 4.68 Å². The van der Waals surface area contributed by atoms with Gasteiger partial charge in [-0.15, -0.1) is 5.73 Å². The summed E-state index contributed by atoms with van der Waals surface area (Å²) in [6.07, 6.45) is 11.3. The van der Waals surface area contributed by atoms with E-state index >= 15 is 0 Å². The van der Waals surface area contributed by atoms with Gasteiger partial charge in [0.25, 0.3) is 0 Å². The predicted molar refractivity (Wildman–Crippen MR) is 161 cm³/mol. The highest BCUT2D eigenvalue weighted by atomic mass is 79.9. The number of carbonyl (C=O) groups excluding carboxylic acids is 1. The van der Waals surface area contributed by atoms with E-state index in [0.717, 1.165) is 62.6 Å². The Balaban J connectivity index is 1.11. The van der Waals surface area contributed by atoms with Gasteiger partial charge in [-0.2, -0.15) is 5.10 Å². The van der Waals surface area contributed by atoms with Crippen LogP contribution in [0.4, 0.5) is 0 Å². The van der Waals surface area contributed by atoms with Crippen LogP contribution in [0.2, 0.25) is 0 Å². The van der Waals surface area contributed by atoms with Crippen LogP contribution in [0.15, 0.2) is 101 Å². The second-order valence-electron chi connectivity index (χ2n) is 10.5. The summed E-state index contributed by atoms with van der Waals surface area (Å²) in [5.41, 5.74) is 8.55. The molecule has 1 N–H and O–H groups in total. The number of rotatable bonds is 5. The molecular formula is C33H28BrN5O2. The second-order valence-corrected chi connectivity index (χ2v) is 11.3. The van der Waals surface area contributed by atoms with Crippen LogP contribution in [-0.2, 0) is 11.3 Å². The summed E-state index contributed by atoms with van der Waals surface area (Å²) in [5.74, 6) is 2.46. The van der Waals surface area contributed by atoms with Gasteiger partial charge >= 0.3 is 0 Å². The lowest BCUT2D eigenvalue weighted by atomic mass is 9.85. The summed E-state index contributed by atoms with van der Waals surface area (Å²) in [4.78, 5) is 20.3. The average Bonchev–Trinajstić information content (AvgIpc) is 3.28. The zero-order valence-corrected chi connectivity index (χ0v) is 23.9. The number of pyridine rings is 1. The molecule has 1 fully saturated rings. The third kappa shape index (κ3) is 4.90. The van der Waals surface area contributed by atoms with Crippen molar-refractivity contribution in [2.75, 3.05) is 13.1 Å². The minimum absolute atomic E-state index is 0.135. The molecule has 0 atom stereocenters. The smallest absolute Gasteiger partial charge is 0.234 e. The SMILES string of the molecule is O=C(C1c2ccccc2Oc2ccccc21)N1CCC(C2=C=Cc3c(Br)cnn3C(NCc3cccnc3)=C2)CC1. The fourth-order valence-corrected chi connectivity index (χ4v) is 6.26. The van der Waals surface area contributed by atoms with Gasteiger partial charge in [-0.1, -0.05) is 42.5 Å². The van der Waals surface area contributed by atoms with Crippen molar-refractivity contribution in [3.05, 3.63) is 123 Å². The Morgan fingerprint density at radius 1 is 1.00 bits per heavy atom. The van der Waals surface area contributed by atoms with Crippen molar-refractivity contribution in [1.82, 2.24) is 25.0 Å². The lowest BCUT2D eigenvalue weighted by molar-refractivity contribution is -0.133. The molecule has 3 aliphatic rings. The van der Waals surface area contributed by atoms with Crippen LogP contribution in [0, 0.1) is 5.92 Å². The third-order valence-electron chi connectivity index (χ3n) is 8.03. The molecule has 2 aromatic carbocycles. The number of nitrogens with zero attached hydrogens (tertiary/aromatic N) is 4. The number of hydrogen-bond acceptors (Lipinski definition) is 5. The van der Waals surface area contributed by atoms with Crippen molar-refractivity contribution < 1.29 is 9.53 Å². The van der Waals surface area contributed by atoms with E-state index in [2.05, 4.69) is 43.1 Å². The molecule has 1 amide bonds. The van der Waals surface area contributed by atoms with Gasteiger partial charge in [0, 0.05) is 54.8 Å². The van der Waals surface area contributed by atoms with Gasteiger partial charge in [0.15, 0.2) is 0 Å². The molecule has 2 aromatic heterocycles. The largest absolute Gasteiger partial charge is 0.457 e. The van der Waals surface area contributed by atoms with E-state index in [-0.39, 0.29) is 17.7 Å². The molecule has 7 rings (SSSR count). The highest BCUT2D eigenvalue weighted by molar-refractivity contribution is 9.10. The van der Waals surface area contributed by atoms with Crippen LogP contribution < -0.4 is 10.1 Å². The van der Waals surface area contributed by atoms with Crippen molar-refractivity contribution in [2.24, 2.45) is 5.92 Å². The van der Waals surface area contributed by atoms with Gasteiger partial charge in [-0.05, 0) is 64.5 Å². The monoisotopic (exact) mass is 605 g/mol. The van der Waals surface area contributed by atoms with E-state index in [0.29, 0.717) is 19.6 Å². The number of aromatic nitrogens is 3. The minimum atomic E-state index is -0.359. The standard InChI is InChI=1S/C33H28BrN5O2/c34-27-21-37-39-28(27)12-11-24(18-31(39)36-20-22-6-5-15-35-19-22)23-13-16-38(17-14-23)33(40)32-25-7-1-3-9-29(25)41-30-10-4-2-8-26(30)32/h1-10,12,15,18-19,21,23,32,36H,13-14,16-17,20H2. The Morgan fingerprint density at radius 2 is 1.73 bits per heavy atom. The summed E-state index contributed by atoms with van der Waals surface area (Å²) < 4.78 is 8.94. The number of allylic oxidation sites excluding steroid dienone is 2. The molecule has 4 aromatic rings. The van der Waals surface area contributed by atoms with Gasteiger partial charge in [-0.3, -0.25) is 9.78 Å². The van der Waals surface area contributed by atoms with Crippen LogP contribution in [0.1, 0.15) is 41.1 Å². The Kier molecular flexibility index (Phi) is 6.79. The lowest BCUT2D eigenvalue weighted by Crippen LogP contribution is -2.42. The first-order valence-electron chi connectivity index (χ1n) is 13.8. The van der Waals surface area contributed by atoms with Crippen molar-refractivity contribution in [2.45, 2.75) is 25.3 Å². The number of amides is 1. The molecule has 0 spiro atoms. The van der Waals surface area contributed by atoms with E-state index < -0.39 is 0 Å². The zero-order valence-electron chi connectivity index (χ0n) is 22.3. The number of nitrogens with one attached hydrogen (secondary N) is 1. The number of benzene rings is 2. The van der Waals surface area contributed by atoms with Gasteiger partial charge < -0.3 is 15.0 Å². The Hall–Kier alpha value is -4.39. The molecule has 41 heavy (non-hydrogen) atoms. The van der Waals surface area contributed by atoms with E-state index in [9.17, 15) is 4.79 Å². The van der Waals surface area contributed by atoms with Crippen LogP contribution >= 0.6 is 15.9 Å². The second kappa shape index (κ2) is 10.9. The number of carbonyl (C=O) groups is 1. The maximum Gasteiger partial charge on any atom is 0.234 e. The number of fused-ring (bicyclic) bond motifs is 3. The normalized spacial score (nSPS) is 16.5. The molecule has 0 aliphatic carbocycles. The number of piperidine rings is 1. The Labute approximate surface area is 247 Å². The molecule has 204 valence electrons. The molecule has 0 saturated carbocycles. The van der Waals surface area contributed by atoms with Crippen molar-refractivity contribution in [3.63, 3.8) is 0 Å². The maximum absolute atomic E-state index is 14.0. The predicted octanol–water partition coefficient (Wildman–Crippen LogP) is 6.36. The van der Waals surface area contributed by atoms with Crippen molar-refractivity contribution in [3.8, 4) is 11.5 Å². The first-order valence-corrected chi connectivity index (χ1v) is 14.6. The first kappa shape index (κ1) is 25.6. The number of ether oxygens (including phenoxy) is 1. The van der Waals surface area contributed by atoms with Crippen molar-refractivity contribution >= 4 is 33.7 Å². The van der Waals surface area contributed by atoms with Crippen molar-refractivity contribution in [1.29, 1.82) is 0 Å². The highest BCUT2D eigenvalue weighted by Crippen LogP contribution is 2.45. The van der Waals surface area contributed by atoms with Gasteiger partial charge in [0.2, 0.25) is 5.91 Å². The molecule has 8 heteroatoms. The fraction of sp³-hybridized carbons (Fsp3) is 0.212. The summed E-state index contributed by atoms with van der Waals surface area (Å²) in [5, 5.41) is 8.14. The molecule has 0 bridgehead atoms. The minimum Gasteiger partial charge on any atom is -0.457 e. The third-order valence-corrected chi connectivity index (χ3v) is 8.64. The summed E-state index contributed by atoms with van der Waals surface area (Å²) in [6.45, 7) is 2.01. The Bertz CT molecular complexity index is 1670. The molecule has 7 nitrogen and oxygen atoms in total. The Morgan fingerprint density at radius 3 is 2.44 bits per heavy atom. The molecule has 1 saturated heterocycles. The number of para-hydroxylation sites is 2. The van der Waals surface area contributed by atoms with E-state index in [1.807, 2.05) is 82.5 Å². The van der Waals surface area contributed by atoms with E-state index in [1.54, 1.807) is 12.4 Å². The van der Waals surface area contributed by atoms with Gasteiger partial charge in [0.05, 0.1) is 22.3 Å². The number of hydrogen-bond donors (Lipinski definition) is 1. The average molecular weight is 607 g/mol. The number of halogens is 1. The highest BCUT2D eigenvalue weighted by Gasteiger charge is 2.36. The summed E-state index contributed by atoms with van der Waals surface area (Å²) >= 11 is 3.63. The van der Waals surface area contributed by atoms with Crippen LogP contribution in [0.25, 0.3) is 11.9 Å². The van der Waals surface area contributed by atoms with Crippen LogP contribution in [0.5, 0.6) is 11.5 Å². The van der Waals surface area contributed by atoms with Crippen LogP contribution in [-0.4, -0.2) is 38.7 Å². The molecule has 0 radical (unpaired) electrons.